The lowest BCUT2D eigenvalue weighted by molar-refractivity contribution is 0.0946. The molecule has 8 heteroatoms. The molecule has 1 aromatic carbocycles. The molecular weight excluding hydrogens is 360 g/mol. The first-order valence-electron chi connectivity index (χ1n) is 9.13. The van der Waals surface area contributed by atoms with Crippen molar-refractivity contribution in [1.29, 1.82) is 0 Å². The van der Waals surface area contributed by atoms with Crippen LogP contribution in [0.2, 0.25) is 0 Å². The van der Waals surface area contributed by atoms with Crippen LogP contribution in [-0.2, 0) is 6.54 Å². The van der Waals surface area contributed by atoms with Gasteiger partial charge in [0.05, 0.1) is 24.5 Å². The van der Waals surface area contributed by atoms with Crippen LogP contribution in [0, 0.1) is 6.92 Å². The summed E-state index contributed by atoms with van der Waals surface area (Å²) in [5.41, 5.74) is 2.39. The summed E-state index contributed by atoms with van der Waals surface area (Å²) in [6.07, 6.45) is 3.76. The van der Waals surface area contributed by atoms with Gasteiger partial charge < -0.3 is 10.6 Å². The van der Waals surface area contributed by atoms with E-state index in [1.807, 2.05) is 41.9 Å². The number of rotatable bonds is 5. The normalized spacial score (nSPS) is 15.0. The summed E-state index contributed by atoms with van der Waals surface area (Å²) in [5, 5.41) is 15.4. The van der Waals surface area contributed by atoms with Crippen LogP contribution < -0.4 is 10.6 Å². The molecule has 0 aliphatic carbocycles. The Morgan fingerprint density at radius 2 is 2.07 bits per heavy atom. The zero-order valence-electron chi connectivity index (χ0n) is 15.2. The number of benzene rings is 1. The SMILES string of the molecule is Cc1nc(-c2ccccc2)sc1CNC(=O)c1cn(C2CCNCC2)nn1. The van der Waals surface area contributed by atoms with Crippen molar-refractivity contribution < 1.29 is 4.79 Å². The van der Waals surface area contributed by atoms with E-state index in [1.54, 1.807) is 17.5 Å². The molecule has 3 heterocycles. The van der Waals surface area contributed by atoms with Crippen molar-refractivity contribution in [3.8, 4) is 10.6 Å². The van der Waals surface area contributed by atoms with E-state index in [1.165, 1.54) is 0 Å². The van der Waals surface area contributed by atoms with Gasteiger partial charge in [-0.05, 0) is 32.9 Å². The maximum Gasteiger partial charge on any atom is 0.273 e. The largest absolute Gasteiger partial charge is 0.346 e. The van der Waals surface area contributed by atoms with E-state index >= 15 is 0 Å². The number of carbonyl (C=O) groups excluding carboxylic acids is 1. The highest BCUT2D eigenvalue weighted by Gasteiger charge is 2.19. The van der Waals surface area contributed by atoms with E-state index in [-0.39, 0.29) is 5.91 Å². The molecule has 1 aliphatic heterocycles. The highest BCUT2D eigenvalue weighted by molar-refractivity contribution is 7.15. The Labute approximate surface area is 161 Å². The first kappa shape index (κ1) is 17.8. The summed E-state index contributed by atoms with van der Waals surface area (Å²) in [6.45, 7) is 4.36. The Kier molecular flexibility index (Phi) is 5.26. The molecule has 0 radical (unpaired) electrons. The second-order valence-electron chi connectivity index (χ2n) is 6.64. The minimum atomic E-state index is -0.204. The van der Waals surface area contributed by atoms with Gasteiger partial charge in [0.25, 0.3) is 5.91 Å². The molecule has 7 nitrogen and oxygen atoms in total. The number of aromatic nitrogens is 4. The molecule has 2 N–H and O–H groups in total. The number of carbonyl (C=O) groups is 1. The predicted molar refractivity (Wildman–Crippen MR) is 105 cm³/mol. The van der Waals surface area contributed by atoms with E-state index in [2.05, 4.69) is 25.9 Å². The predicted octanol–water partition coefficient (Wildman–Crippen LogP) is 2.56. The van der Waals surface area contributed by atoms with E-state index in [0.29, 0.717) is 18.3 Å². The zero-order valence-corrected chi connectivity index (χ0v) is 16.0. The van der Waals surface area contributed by atoms with E-state index in [4.69, 9.17) is 0 Å². The third kappa shape index (κ3) is 4.06. The minimum absolute atomic E-state index is 0.204. The Morgan fingerprint density at radius 1 is 1.30 bits per heavy atom. The van der Waals surface area contributed by atoms with Gasteiger partial charge in [-0.2, -0.15) is 0 Å². The monoisotopic (exact) mass is 382 g/mol. The van der Waals surface area contributed by atoms with Crippen LogP contribution in [0.25, 0.3) is 10.6 Å². The van der Waals surface area contributed by atoms with Crippen LogP contribution in [0.15, 0.2) is 36.5 Å². The Hall–Kier alpha value is -2.58. The van der Waals surface area contributed by atoms with Crippen LogP contribution in [0.4, 0.5) is 0 Å². The van der Waals surface area contributed by atoms with Crippen LogP contribution in [0.5, 0.6) is 0 Å². The van der Waals surface area contributed by atoms with Gasteiger partial charge in [0, 0.05) is 10.4 Å². The highest BCUT2D eigenvalue weighted by atomic mass is 32.1. The number of aryl methyl sites for hydroxylation is 1. The fraction of sp³-hybridized carbons (Fsp3) is 0.368. The Balaban J connectivity index is 1.39. The molecule has 1 amide bonds. The summed E-state index contributed by atoms with van der Waals surface area (Å²) in [6, 6.07) is 10.4. The van der Waals surface area contributed by atoms with Crippen molar-refractivity contribution >= 4 is 17.2 Å². The van der Waals surface area contributed by atoms with Crippen molar-refractivity contribution in [2.45, 2.75) is 32.4 Å². The van der Waals surface area contributed by atoms with Crippen molar-refractivity contribution in [3.63, 3.8) is 0 Å². The molecule has 0 saturated carbocycles. The van der Waals surface area contributed by atoms with E-state index in [9.17, 15) is 4.79 Å². The van der Waals surface area contributed by atoms with E-state index < -0.39 is 0 Å². The number of nitrogens with zero attached hydrogens (tertiary/aromatic N) is 4. The fourth-order valence-electron chi connectivity index (χ4n) is 3.18. The standard InChI is InChI=1S/C19H22N6OS/c1-13-17(27-19(22-13)14-5-3-2-4-6-14)11-21-18(26)16-12-25(24-23-16)15-7-9-20-10-8-15/h2-6,12,15,20H,7-11H2,1H3,(H,21,26). The molecule has 0 spiro atoms. The lowest BCUT2D eigenvalue weighted by atomic mass is 10.1. The first-order chi connectivity index (χ1) is 13.2. The highest BCUT2D eigenvalue weighted by Crippen LogP contribution is 2.27. The van der Waals surface area contributed by atoms with Crippen LogP contribution >= 0.6 is 11.3 Å². The first-order valence-corrected chi connectivity index (χ1v) is 9.95. The number of hydrogen-bond donors (Lipinski definition) is 2. The summed E-state index contributed by atoms with van der Waals surface area (Å²) < 4.78 is 1.82. The van der Waals surface area contributed by atoms with Crippen LogP contribution in [0.1, 0.15) is 39.9 Å². The van der Waals surface area contributed by atoms with Crippen LogP contribution in [-0.4, -0.2) is 39.0 Å². The van der Waals surface area contributed by atoms with Crippen molar-refractivity contribution in [1.82, 2.24) is 30.6 Å². The quantitative estimate of drug-likeness (QED) is 0.708. The van der Waals surface area contributed by atoms with Gasteiger partial charge in [-0.1, -0.05) is 35.5 Å². The summed E-state index contributed by atoms with van der Waals surface area (Å²) in [7, 11) is 0. The number of piperidine rings is 1. The molecule has 1 aliphatic rings. The maximum absolute atomic E-state index is 12.4. The smallest absolute Gasteiger partial charge is 0.273 e. The second-order valence-corrected chi connectivity index (χ2v) is 7.72. The fourth-order valence-corrected chi connectivity index (χ4v) is 4.19. The second kappa shape index (κ2) is 7.98. The number of nitrogens with one attached hydrogen (secondary N) is 2. The molecule has 0 bridgehead atoms. The molecule has 1 saturated heterocycles. The Bertz CT molecular complexity index is 913. The molecule has 140 valence electrons. The van der Waals surface area contributed by atoms with Gasteiger partial charge in [-0.15, -0.1) is 16.4 Å². The maximum atomic E-state index is 12.4. The lowest BCUT2D eigenvalue weighted by Crippen LogP contribution is -2.29. The van der Waals surface area contributed by atoms with Crippen molar-refractivity contribution in [3.05, 3.63) is 52.8 Å². The van der Waals surface area contributed by atoms with Gasteiger partial charge in [0.15, 0.2) is 5.69 Å². The summed E-state index contributed by atoms with van der Waals surface area (Å²) in [4.78, 5) is 18.1. The van der Waals surface area contributed by atoms with Crippen molar-refractivity contribution in [2.75, 3.05) is 13.1 Å². The van der Waals surface area contributed by atoms with Gasteiger partial charge in [-0.3, -0.25) is 4.79 Å². The summed E-state index contributed by atoms with van der Waals surface area (Å²) >= 11 is 1.60. The average molecular weight is 382 g/mol. The molecule has 0 atom stereocenters. The molecule has 3 aromatic rings. The van der Waals surface area contributed by atoms with Gasteiger partial charge in [-0.25, -0.2) is 9.67 Å². The van der Waals surface area contributed by atoms with E-state index in [0.717, 1.165) is 47.1 Å². The molecule has 27 heavy (non-hydrogen) atoms. The number of thiazole rings is 1. The molecule has 0 unspecified atom stereocenters. The lowest BCUT2D eigenvalue weighted by Gasteiger charge is -2.22. The van der Waals surface area contributed by atoms with Crippen molar-refractivity contribution in [2.24, 2.45) is 0 Å². The number of hydrogen-bond acceptors (Lipinski definition) is 6. The minimum Gasteiger partial charge on any atom is -0.346 e. The zero-order chi connectivity index (χ0) is 18.6. The molecule has 4 rings (SSSR count). The average Bonchev–Trinajstić information content (AvgIpc) is 3.35. The number of amides is 1. The summed E-state index contributed by atoms with van der Waals surface area (Å²) in [5.74, 6) is -0.204. The van der Waals surface area contributed by atoms with Gasteiger partial charge >= 0.3 is 0 Å². The molecular formula is C19H22N6OS. The van der Waals surface area contributed by atoms with Gasteiger partial charge in [0.2, 0.25) is 0 Å². The van der Waals surface area contributed by atoms with Gasteiger partial charge in [0.1, 0.15) is 5.01 Å². The van der Waals surface area contributed by atoms with Crippen LogP contribution in [0.3, 0.4) is 0 Å². The third-order valence-electron chi connectivity index (χ3n) is 4.75. The topological polar surface area (TPSA) is 84.7 Å². The Morgan fingerprint density at radius 3 is 2.85 bits per heavy atom. The molecule has 2 aromatic heterocycles. The third-order valence-corrected chi connectivity index (χ3v) is 5.96. The molecule has 1 fully saturated rings.